The number of rotatable bonds is 3. The van der Waals surface area contributed by atoms with Crippen LogP contribution in [0.3, 0.4) is 0 Å². The SMILES string of the molecule is CCC(C)N1CCN(C(=O)CC#N)CC1. The van der Waals surface area contributed by atoms with Crippen LogP contribution in [-0.2, 0) is 4.79 Å². The molecule has 4 heteroatoms. The molecule has 84 valence electrons. The van der Waals surface area contributed by atoms with E-state index < -0.39 is 0 Å². The van der Waals surface area contributed by atoms with Crippen molar-refractivity contribution < 1.29 is 4.79 Å². The topological polar surface area (TPSA) is 47.3 Å². The van der Waals surface area contributed by atoms with Crippen molar-refractivity contribution in [2.24, 2.45) is 0 Å². The fourth-order valence-corrected chi connectivity index (χ4v) is 1.85. The molecule has 0 aliphatic carbocycles. The monoisotopic (exact) mass is 209 g/mol. The summed E-state index contributed by atoms with van der Waals surface area (Å²) in [5, 5.41) is 8.44. The van der Waals surface area contributed by atoms with Gasteiger partial charge in [0.25, 0.3) is 0 Å². The van der Waals surface area contributed by atoms with Crippen molar-refractivity contribution in [3.63, 3.8) is 0 Å². The number of hydrogen-bond acceptors (Lipinski definition) is 3. The van der Waals surface area contributed by atoms with E-state index in [9.17, 15) is 4.79 Å². The zero-order valence-corrected chi connectivity index (χ0v) is 9.57. The van der Waals surface area contributed by atoms with Crippen molar-refractivity contribution in [3.05, 3.63) is 0 Å². The third kappa shape index (κ3) is 3.21. The molecule has 0 spiro atoms. The number of hydrogen-bond donors (Lipinski definition) is 0. The normalized spacial score (nSPS) is 19.7. The van der Waals surface area contributed by atoms with Gasteiger partial charge in [0, 0.05) is 32.2 Å². The number of carbonyl (C=O) groups excluding carboxylic acids is 1. The average Bonchev–Trinajstić information content (AvgIpc) is 2.28. The van der Waals surface area contributed by atoms with E-state index in [0.29, 0.717) is 6.04 Å². The number of carbonyl (C=O) groups is 1. The van der Waals surface area contributed by atoms with Crippen LogP contribution >= 0.6 is 0 Å². The average molecular weight is 209 g/mol. The van der Waals surface area contributed by atoms with Gasteiger partial charge in [0.15, 0.2) is 0 Å². The molecule has 0 N–H and O–H groups in total. The van der Waals surface area contributed by atoms with Crippen molar-refractivity contribution in [2.75, 3.05) is 26.2 Å². The highest BCUT2D eigenvalue weighted by atomic mass is 16.2. The molecule has 1 aliphatic rings. The summed E-state index contributed by atoms with van der Waals surface area (Å²) in [4.78, 5) is 15.6. The summed E-state index contributed by atoms with van der Waals surface area (Å²) >= 11 is 0. The van der Waals surface area contributed by atoms with E-state index in [1.54, 1.807) is 4.90 Å². The molecule has 0 saturated carbocycles. The molecular weight excluding hydrogens is 190 g/mol. The molecule has 0 radical (unpaired) electrons. The van der Waals surface area contributed by atoms with Crippen LogP contribution in [0.4, 0.5) is 0 Å². The smallest absolute Gasteiger partial charge is 0.236 e. The van der Waals surface area contributed by atoms with Crippen LogP contribution in [0, 0.1) is 11.3 Å². The summed E-state index contributed by atoms with van der Waals surface area (Å²) in [5.74, 6) is -0.0266. The first-order valence-corrected chi connectivity index (χ1v) is 5.57. The summed E-state index contributed by atoms with van der Waals surface area (Å²) in [7, 11) is 0. The highest BCUT2D eigenvalue weighted by Gasteiger charge is 2.22. The standard InChI is InChI=1S/C11H19N3O/c1-3-10(2)13-6-8-14(9-7-13)11(15)4-5-12/h10H,3-4,6-9H2,1-2H3. The third-order valence-corrected chi connectivity index (χ3v) is 3.11. The molecule has 15 heavy (non-hydrogen) atoms. The van der Waals surface area contributed by atoms with Crippen molar-refractivity contribution in [1.82, 2.24) is 9.80 Å². The molecule has 1 atom stereocenters. The third-order valence-electron chi connectivity index (χ3n) is 3.11. The largest absolute Gasteiger partial charge is 0.339 e. The van der Waals surface area contributed by atoms with Gasteiger partial charge < -0.3 is 4.90 Å². The van der Waals surface area contributed by atoms with Crippen molar-refractivity contribution in [1.29, 1.82) is 5.26 Å². The Morgan fingerprint density at radius 1 is 1.40 bits per heavy atom. The lowest BCUT2D eigenvalue weighted by molar-refractivity contribution is -0.132. The minimum absolute atomic E-state index is 0.0172. The van der Waals surface area contributed by atoms with Crippen LogP contribution in [-0.4, -0.2) is 47.9 Å². The summed E-state index contributed by atoms with van der Waals surface area (Å²) < 4.78 is 0. The fourth-order valence-electron chi connectivity index (χ4n) is 1.85. The molecular formula is C11H19N3O. The molecule has 1 amide bonds. The number of nitriles is 1. The molecule has 1 heterocycles. The number of nitrogens with zero attached hydrogens (tertiary/aromatic N) is 3. The maximum atomic E-state index is 11.4. The van der Waals surface area contributed by atoms with E-state index in [2.05, 4.69) is 18.7 Å². The predicted octanol–water partition coefficient (Wildman–Crippen LogP) is 0.843. The molecule has 0 aromatic heterocycles. The Balaban J connectivity index is 2.36. The molecule has 1 aliphatic heterocycles. The first-order chi connectivity index (χ1) is 7.19. The van der Waals surface area contributed by atoms with Crippen LogP contribution in [0.15, 0.2) is 0 Å². The highest BCUT2D eigenvalue weighted by Crippen LogP contribution is 2.09. The second-order valence-electron chi connectivity index (χ2n) is 4.01. The highest BCUT2D eigenvalue weighted by molar-refractivity contribution is 5.78. The maximum Gasteiger partial charge on any atom is 0.236 e. The first-order valence-electron chi connectivity index (χ1n) is 5.57. The fraction of sp³-hybridized carbons (Fsp3) is 0.818. The van der Waals surface area contributed by atoms with Crippen LogP contribution in [0.1, 0.15) is 26.7 Å². The summed E-state index contributed by atoms with van der Waals surface area (Å²) in [6.45, 7) is 7.80. The molecule has 0 aromatic rings. The van der Waals surface area contributed by atoms with Gasteiger partial charge in [0.05, 0.1) is 6.07 Å². The number of amides is 1. The van der Waals surface area contributed by atoms with Crippen molar-refractivity contribution >= 4 is 5.91 Å². The molecule has 0 aromatic carbocycles. The Kier molecular flexibility index (Phi) is 4.57. The van der Waals surface area contributed by atoms with Gasteiger partial charge >= 0.3 is 0 Å². The zero-order chi connectivity index (χ0) is 11.3. The quantitative estimate of drug-likeness (QED) is 0.692. The number of piperazine rings is 1. The Labute approximate surface area is 91.5 Å². The van der Waals surface area contributed by atoms with Crippen LogP contribution in [0.5, 0.6) is 0 Å². The van der Waals surface area contributed by atoms with Crippen LogP contribution in [0.25, 0.3) is 0 Å². The summed E-state index contributed by atoms with van der Waals surface area (Å²) in [5.41, 5.74) is 0. The van der Waals surface area contributed by atoms with Crippen molar-refractivity contribution in [3.8, 4) is 6.07 Å². The van der Waals surface area contributed by atoms with Gasteiger partial charge in [0.2, 0.25) is 5.91 Å². The second kappa shape index (κ2) is 5.72. The van der Waals surface area contributed by atoms with Crippen molar-refractivity contribution in [2.45, 2.75) is 32.7 Å². The van der Waals surface area contributed by atoms with Gasteiger partial charge in [-0.25, -0.2) is 0 Å². The molecule has 1 rings (SSSR count). The van der Waals surface area contributed by atoms with Gasteiger partial charge in [-0.2, -0.15) is 5.26 Å². The molecule has 4 nitrogen and oxygen atoms in total. The first kappa shape index (κ1) is 12.0. The van der Waals surface area contributed by atoms with E-state index in [1.807, 2.05) is 6.07 Å². The van der Waals surface area contributed by atoms with E-state index in [1.165, 1.54) is 0 Å². The lowest BCUT2D eigenvalue weighted by Gasteiger charge is -2.37. The van der Waals surface area contributed by atoms with Gasteiger partial charge in [-0.3, -0.25) is 9.69 Å². The molecule has 0 bridgehead atoms. The predicted molar refractivity (Wildman–Crippen MR) is 58.1 cm³/mol. The van der Waals surface area contributed by atoms with E-state index in [4.69, 9.17) is 5.26 Å². The Morgan fingerprint density at radius 2 is 2.00 bits per heavy atom. The Hall–Kier alpha value is -1.08. The molecule has 1 fully saturated rings. The summed E-state index contributed by atoms with van der Waals surface area (Å²) in [6, 6.07) is 2.50. The van der Waals surface area contributed by atoms with Gasteiger partial charge in [0.1, 0.15) is 6.42 Å². The van der Waals surface area contributed by atoms with Crippen LogP contribution < -0.4 is 0 Å². The van der Waals surface area contributed by atoms with E-state index >= 15 is 0 Å². The molecule has 1 unspecified atom stereocenters. The lowest BCUT2D eigenvalue weighted by Crippen LogP contribution is -2.51. The maximum absolute atomic E-state index is 11.4. The second-order valence-corrected chi connectivity index (χ2v) is 4.01. The minimum Gasteiger partial charge on any atom is -0.339 e. The molecule has 1 saturated heterocycles. The van der Waals surface area contributed by atoms with Gasteiger partial charge in [-0.05, 0) is 13.3 Å². The van der Waals surface area contributed by atoms with E-state index in [-0.39, 0.29) is 12.3 Å². The minimum atomic E-state index is -0.0266. The Bertz CT molecular complexity index is 251. The Morgan fingerprint density at radius 3 is 2.47 bits per heavy atom. The lowest BCUT2D eigenvalue weighted by atomic mass is 10.2. The van der Waals surface area contributed by atoms with E-state index in [0.717, 1.165) is 32.6 Å². The zero-order valence-electron chi connectivity index (χ0n) is 9.57. The summed E-state index contributed by atoms with van der Waals surface area (Å²) in [6.07, 6.45) is 1.16. The van der Waals surface area contributed by atoms with Gasteiger partial charge in [-0.1, -0.05) is 6.92 Å². The van der Waals surface area contributed by atoms with Crippen LogP contribution in [0.2, 0.25) is 0 Å². The van der Waals surface area contributed by atoms with Gasteiger partial charge in [-0.15, -0.1) is 0 Å².